The molecule has 8 rings (SSSR count). The summed E-state index contributed by atoms with van der Waals surface area (Å²) in [4.78, 5) is 27.3. The first-order valence-corrected chi connectivity index (χ1v) is 12.6. The number of anilines is 1. The molecule has 36 heavy (non-hydrogen) atoms. The van der Waals surface area contributed by atoms with E-state index in [1.54, 1.807) is 12.5 Å². The first kappa shape index (κ1) is 21.4. The van der Waals surface area contributed by atoms with Crippen molar-refractivity contribution in [2.75, 3.05) is 5.32 Å². The van der Waals surface area contributed by atoms with Crippen molar-refractivity contribution in [1.29, 1.82) is 0 Å². The molecule has 2 aliphatic heterocycles. The second-order valence-electron chi connectivity index (χ2n) is 10.5. The van der Waals surface area contributed by atoms with Crippen molar-refractivity contribution in [3.05, 3.63) is 83.3 Å². The first-order valence-electron chi connectivity index (χ1n) is 12.6. The highest BCUT2D eigenvalue weighted by Crippen LogP contribution is 2.66. The molecule has 4 aliphatic rings. The lowest BCUT2D eigenvalue weighted by atomic mass is 9.72. The van der Waals surface area contributed by atoms with Crippen molar-refractivity contribution in [2.24, 2.45) is 5.92 Å². The molecule has 0 amide bonds. The van der Waals surface area contributed by atoms with Crippen LogP contribution in [0.25, 0.3) is 22.4 Å². The summed E-state index contributed by atoms with van der Waals surface area (Å²) in [7, 11) is 0. The SMILES string of the molecule is Cc1cc2c(cc1C13CC4CCCC4(C1=O)[N+]3=[N-])ncn2-c1ccnc(N[C@@H](C)c2ccccc2)n1. The summed E-state index contributed by atoms with van der Waals surface area (Å²) < 4.78 is 3.33. The number of ketones is 1. The molecule has 4 heterocycles. The van der Waals surface area contributed by atoms with Crippen LogP contribution in [-0.2, 0) is 10.3 Å². The Morgan fingerprint density at radius 2 is 2.03 bits per heavy atom. The predicted molar refractivity (Wildman–Crippen MR) is 135 cm³/mol. The van der Waals surface area contributed by atoms with E-state index >= 15 is 0 Å². The summed E-state index contributed by atoms with van der Waals surface area (Å²) >= 11 is 0. The lowest BCUT2D eigenvalue weighted by Gasteiger charge is -2.45. The second kappa shape index (κ2) is 7.29. The number of carbonyl (C=O) groups is 1. The molecule has 2 saturated carbocycles. The Morgan fingerprint density at radius 3 is 2.81 bits per heavy atom. The van der Waals surface area contributed by atoms with Crippen LogP contribution >= 0.6 is 0 Å². The minimum absolute atomic E-state index is 0.0562. The number of hydrogen-bond donors (Lipinski definition) is 1. The maximum atomic E-state index is 13.5. The van der Waals surface area contributed by atoms with Gasteiger partial charge in [0.05, 0.1) is 17.1 Å². The molecule has 8 nitrogen and oxygen atoms in total. The third kappa shape index (κ3) is 2.59. The fourth-order valence-electron chi connectivity index (χ4n) is 6.99. The fraction of sp³-hybridized carbons (Fsp3) is 0.357. The zero-order valence-corrected chi connectivity index (χ0v) is 20.3. The summed E-state index contributed by atoms with van der Waals surface area (Å²) in [6, 6.07) is 16.1. The second-order valence-corrected chi connectivity index (χ2v) is 10.5. The smallest absolute Gasteiger partial charge is 0.276 e. The van der Waals surface area contributed by atoms with Crippen LogP contribution < -0.4 is 5.32 Å². The summed E-state index contributed by atoms with van der Waals surface area (Å²) in [5.74, 6) is 1.67. The van der Waals surface area contributed by atoms with Gasteiger partial charge in [0.1, 0.15) is 12.1 Å². The molecule has 1 spiro atoms. The number of benzene rings is 2. The van der Waals surface area contributed by atoms with E-state index in [9.17, 15) is 10.3 Å². The van der Waals surface area contributed by atoms with Gasteiger partial charge in [0, 0.05) is 30.5 Å². The molecular formula is C28H27N7O. The minimum atomic E-state index is -0.924. The standard InChI is InChI=1S/C28H27N7O/c1-17-13-23-22(14-21(17)28-15-20-9-6-11-27(20,25(28)36)35(28)29)31-16-34(23)24-10-12-30-26(33-24)32-18(2)19-7-4-3-5-8-19/h3-5,7-8,10,12-14,16,18,20H,6,9,11,15H2,1-2H3,(H,30,32,33)/t18-,20?,27?,28?/m0/s1. The van der Waals surface area contributed by atoms with Gasteiger partial charge in [-0.2, -0.15) is 4.98 Å². The molecule has 180 valence electrons. The van der Waals surface area contributed by atoms with Gasteiger partial charge < -0.3 is 10.8 Å². The van der Waals surface area contributed by atoms with Gasteiger partial charge in [-0.25, -0.2) is 9.97 Å². The van der Waals surface area contributed by atoms with E-state index in [-0.39, 0.29) is 17.7 Å². The van der Waals surface area contributed by atoms with Crippen molar-refractivity contribution in [3.8, 4) is 5.82 Å². The maximum Gasteiger partial charge on any atom is 0.276 e. The lowest BCUT2D eigenvalue weighted by Crippen LogP contribution is -2.68. The number of carbonyl (C=O) groups excluding carboxylic acids is 1. The Kier molecular flexibility index (Phi) is 4.32. The van der Waals surface area contributed by atoms with Crippen LogP contribution in [0.1, 0.15) is 55.3 Å². The topological polar surface area (TPSA) is 98.0 Å². The number of aryl methyl sites for hydroxylation is 1. The van der Waals surface area contributed by atoms with Crippen molar-refractivity contribution >= 4 is 22.8 Å². The molecule has 2 aromatic carbocycles. The lowest BCUT2D eigenvalue weighted by molar-refractivity contribution is -0.695. The van der Waals surface area contributed by atoms with Gasteiger partial charge in [-0.1, -0.05) is 30.3 Å². The summed E-state index contributed by atoms with van der Waals surface area (Å²) in [5, 5.41) is 3.38. The highest BCUT2D eigenvalue weighted by molar-refractivity contribution is 6.03. The van der Waals surface area contributed by atoms with E-state index in [1.807, 2.05) is 41.8 Å². The largest absolute Gasteiger partial charge is 0.505 e. The molecule has 4 aromatic rings. The van der Waals surface area contributed by atoms with E-state index in [1.165, 1.54) is 4.70 Å². The van der Waals surface area contributed by atoms with Crippen LogP contribution in [0.2, 0.25) is 0 Å². The average molecular weight is 478 g/mol. The molecule has 3 unspecified atom stereocenters. The van der Waals surface area contributed by atoms with E-state index in [4.69, 9.17) is 4.98 Å². The van der Waals surface area contributed by atoms with Gasteiger partial charge in [0.2, 0.25) is 17.0 Å². The third-order valence-corrected chi connectivity index (χ3v) is 8.71. The van der Waals surface area contributed by atoms with Gasteiger partial charge in [-0.3, -0.25) is 14.1 Å². The maximum absolute atomic E-state index is 13.5. The highest BCUT2D eigenvalue weighted by atomic mass is 16.1. The van der Waals surface area contributed by atoms with Crippen LogP contribution in [0.15, 0.2) is 61.1 Å². The highest BCUT2D eigenvalue weighted by Gasteiger charge is 2.84. The predicted octanol–water partition coefficient (Wildman–Crippen LogP) is 5.05. The summed E-state index contributed by atoms with van der Waals surface area (Å²) in [6.07, 6.45) is 6.96. The van der Waals surface area contributed by atoms with Crippen LogP contribution in [0.5, 0.6) is 0 Å². The number of nitrogens with one attached hydrogen (secondary N) is 1. The zero-order valence-electron chi connectivity index (χ0n) is 20.3. The van der Waals surface area contributed by atoms with E-state index in [0.29, 0.717) is 18.2 Å². The number of rotatable bonds is 5. The summed E-state index contributed by atoms with van der Waals surface area (Å²) in [6.45, 7) is 4.09. The monoisotopic (exact) mass is 477 g/mol. The Labute approximate surface area is 208 Å². The van der Waals surface area contributed by atoms with E-state index < -0.39 is 11.1 Å². The number of fused-ring (bicyclic) bond motifs is 1. The quantitative estimate of drug-likeness (QED) is 0.406. The first-order chi connectivity index (χ1) is 17.4. The number of Topliss-reactive ketones (excluding diaryl/α,β-unsaturated/α-hetero) is 1. The van der Waals surface area contributed by atoms with Crippen LogP contribution in [0.3, 0.4) is 0 Å². The number of nitrogens with zero attached hydrogens (tertiary/aromatic N) is 6. The molecule has 2 bridgehead atoms. The Bertz CT molecular complexity index is 1540. The summed E-state index contributed by atoms with van der Waals surface area (Å²) in [5.41, 5.74) is 14.2. The molecule has 1 N–H and O–H groups in total. The van der Waals surface area contributed by atoms with Crippen molar-refractivity contribution in [1.82, 2.24) is 19.5 Å². The number of aromatic nitrogens is 4. The zero-order chi connectivity index (χ0) is 24.7. The Balaban J connectivity index is 1.23. The molecule has 0 radical (unpaired) electrons. The van der Waals surface area contributed by atoms with Gasteiger partial charge in [-0.05, 0) is 56.0 Å². The van der Waals surface area contributed by atoms with Gasteiger partial charge >= 0.3 is 0 Å². The third-order valence-electron chi connectivity index (χ3n) is 8.71. The number of hydrogen-bond acceptors (Lipinski definition) is 5. The van der Waals surface area contributed by atoms with Gasteiger partial charge in [0.25, 0.3) is 5.78 Å². The van der Waals surface area contributed by atoms with Gasteiger partial charge in [-0.15, -0.1) is 0 Å². The van der Waals surface area contributed by atoms with Gasteiger partial charge in [0.15, 0.2) is 0 Å². The Morgan fingerprint density at radius 1 is 1.19 bits per heavy atom. The molecule has 8 heteroatoms. The molecule has 2 aliphatic carbocycles. The van der Waals surface area contributed by atoms with Crippen molar-refractivity contribution in [3.63, 3.8) is 0 Å². The molecule has 2 aromatic heterocycles. The van der Waals surface area contributed by atoms with Crippen molar-refractivity contribution in [2.45, 2.75) is 56.7 Å². The van der Waals surface area contributed by atoms with E-state index in [2.05, 4.69) is 40.4 Å². The van der Waals surface area contributed by atoms with Crippen LogP contribution in [0.4, 0.5) is 5.95 Å². The molecule has 2 saturated heterocycles. The molecular weight excluding hydrogens is 450 g/mol. The van der Waals surface area contributed by atoms with E-state index in [0.717, 1.165) is 47.0 Å². The molecule has 4 fully saturated rings. The van der Waals surface area contributed by atoms with Crippen LogP contribution in [-0.4, -0.2) is 35.5 Å². The van der Waals surface area contributed by atoms with Crippen LogP contribution in [0, 0.1) is 12.8 Å². The Hall–Kier alpha value is -3.94. The fourth-order valence-corrected chi connectivity index (χ4v) is 6.99. The average Bonchev–Trinajstić information content (AvgIpc) is 3.62. The van der Waals surface area contributed by atoms with Crippen molar-refractivity contribution < 1.29 is 9.49 Å². The molecule has 4 atom stereocenters. The minimum Gasteiger partial charge on any atom is -0.505 e. The normalized spacial score (nSPS) is 27.2. The number of imidazole rings is 1.